The number of anilines is 2. The van der Waals surface area contributed by atoms with Crippen molar-refractivity contribution in [1.29, 1.82) is 0 Å². The van der Waals surface area contributed by atoms with E-state index in [1.54, 1.807) is 6.92 Å². The maximum Gasteiger partial charge on any atom is 0.229 e. The smallest absolute Gasteiger partial charge is 0.229 e. The van der Waals surface area contributed by atoms with Crippen LogP contribution < -0.4 is 15.8 Å². The average Bonchev–Trinajstić information content (AvgIpc) is 2.68. The summed E-state index contributed by atoms with van der Waals surface area (Å²) in [6.07, 6.45) is 1.38. The van der Waals surface area contributed by atoms with Crippen molar-refractivity contribution in [2.24, 2.45) is 5.14 Å². The van der Waals surface area contributed by atoms with Crippen molar-refractivity contribution >= 4 is 43.4 Å². The summed E-state index contributed by atoms with van der Waals surface area (Å²) in [4.78, 5) is 17.2. The van der Waals surface area contributed by atoms with Crippen LogP contribution in [0.3, 0.4) is 0 Å². The van der Waals surface area contributed by atoms with E-state index in [2.05, 4.69) is 20.9 Å². The number of halogens is 1. The number of hydrogen-bond acceptors (Lipinski definition) is 5. The summed E-state index contributed by atoms with van der Waals surface area (Å²) in [7, 11) is -3.75. The molecular weight excluding hydrogens is 336 g/mol. The third-order valence-electron chi connectivity index (χ3n) is 3.11. The van der Waals surface area contributed by atoms with Crippen LogP contribution in [0.4, 0.5) is 11.5 Å². The molecule has 0 aliphatic carbocycles. The summed E-state index contributed by atoms with van der Waals surface area (Å²) < 4.78 is 23.3. The van der Waals surface area contributed by atoms with E-state index < -0.39 is 15.3 Å². The van der Waals surface area contributed by atoms with Crippen molar-refractivity contribution in [3.05, 3.63) is 16.2 Å². The molecule has 0 spiro atoms. The molecule has 1 unspecified atom stereocenters. The van der Waals surface area contributed by atoms with E-state index in [4.69, 9.17) is 10.9 Å². The summed E-state index contributed by atoms with van der Waals surface area (Å²) >= 11 is 3.29. The van der Waals surface area contributed by atoms with E-state index >= 15 is 0 Å². The molecular formula is C10H13BrN4O3S. The zero-order chi connectivity index (χ0) is 14.4. The molecule has 1 fully saturated rings. The predicted octanol–water partition coefficient (Wildman–Crippen LogP) is 0.129. The Hall–Kier alpha value is -1.19. The fourth-order valence-corrected chi connectivity index (χ4v) is 2.94. The number of rotatable bonds is 2. The molecule has 2 rings (SSSR count). The molecule has 0 radical (unpaired) electrons. The Morgan fingerprint density at radius 2 is 2.16 bits per heavy atom. The summed E-state index contributed by atoms with van der Waals surface area (Å²) in [5, 5.41) is 4.16. The molecule has 2 heterocycles. The summed E-state index contributed by atoms with van der Waals surface area (Å²) in [6, 6.07) is 0. The van der Waals surface area contributed by atoms with Gasteiger partial charge in [-0.3, -0.25) is 9.69 Å². The number of pyridine rings is 1. The maximum absolute atomic E-state index is 11.9. The number of nitrogens with two attached hydrogens (primary N) is 2. The van der Waals surface area contributed by atoms with Crippen LogP contribution in [-0.4, -0.2) is 31.1 Å². The van der Waals surface area contributed by atoms with Crippen LogP contribution >= 0.6 is 15.9 Å². The Balaban J connectivity index is 2.39. The highest BCUT2D eigenvalue weighted by atomic mass is 79.9. The molecule has 1 saturated heterocycles. The molecule has 1 aliphatic rings. The minimum Gasteiger partial charge on any atom is -0.395 e. The van der Waals surface area contributed by atoms with E-state index in [1.165, 1.54) is 11.1 Å². The second kappa shape index (κ2) is 4.73. The molecule has 1 aromatic rings. The van der Waals surface area contributed by atoms with Crippen LogP contribution in [0.2, 0.25) is 0 Å². The molecule has 0 aromatic carbocycles. The molecule has 9 heteroatoms. The van der Waals surface area contributed by atoms with Gasteiger partial charge in [0, 0.05) is 23.6 Å². The first-order valence-electron chi connectivity index (χ1n) is 5.44. The number of sulfonamides is 1. The van der Waals surface area contributed by atoms with Gasteiger partial charge in [-0.05, 0) is 28.4 Å². The van der Waals surface area contributed by atoms with Gasteiger partial charge in [-0.2, -0.15) is 0 Å². The number of nitrogens with zero attached hydrogens (tertiary/aromatic N) is 2. The van der Waals surface area contributed by atoms with Gasteiger partial charge in [0.2, 0.25) is 15.9 Å². The Labute approximate surface area is 119 Å². The van der Waals surface area contributed by atoms with Gasteiger partial charge in [-0.25, -0.2) is 18.5 Å². The zero-order valence-corrected chi connectivity index (χ0v) is 12.5. The number of primary sulfonamides is 1. The van der Waals surface area contributed by atoms with Gasteiger partial charge in [0.1, 0.15) is 5.25 Å². The number of nitrogen functional groups attached to an aromatic ring is 1. The first-order chi connectivity index (χ1) is 8.71. The molecule has 0 bridgehead atoms. The van der Waals surface area contributed by atoms with Crippen LogP contribution in [-0.2, 0) is 14.8 Å². The molecule has 1 aromatic heterocycles. The lowest BCUT2D eigenvalue weighted by Crippen LogP contribution is -2.32. The molecule has 19 heavy (non-hydrogen) atoms. The highest BCUT2D eigenvalue weighted by Crippen LogP contribution is 2.32. The Bertz CT molecular complexity index is 646. The van der Waals surface area contributed by atoms with Gasteiger partial charge in [-0.15, -0.1) is 0 Å². The molecule has 4 N–H and O–H groups in total. The average molecular weight is 349 g/mol. The van der Waals surface area contributed by atoms with Crippen LogP contribution in [0.25, 0.3) is 0 Å². The first kappa shape index (κ1) is 14.2. The minimum absolute atomic E-state index is 0.0179. The SMILES string of the molecule is Cc1c(Br)cnc(N2CC(S(N)(=O)=O)CC2=O)c1N. The number of carbonyl (C=O) groups excluding carboxylic acids is 1. The van der Waals surface area contributed by atoms with E-state index in [9.17, 15) is 13.2 Å². The molecule has 1 atom stereocenters. The third-order valence-corrected chi connectivity index (χ3v) is 5.16. The van der Waals surface area contributed by atoms with Gasteiger partial charge in [0.25, 0.3) is 0 Å². The molecule has 104 valence electrons. The summed E-state index contributed by atoms with van der Waals surface area (Å²) in [5.41, 5.74) is 7.01. The van der Waals surface area contributed by atoms with Crippen LogP contribution in [0.1, 0.15) is 12.0 Å². The van der Waals surface area contributed by atoms with Gasteiger partial charge >= 0.3 is 0 Å². The Kier molecular flexibility index (Phi) is 3.54. The molecule has 7 nitrogen and oxygen atoms in total. The number of aromatic nitrogens is 1. The zero-order valence-electron chi connectivity index (χ0n) is 10.1. The monoisotopic (exact) mass is 348 g/mol. The topological polar surface area (TPSA) is 119 Å². The van der Waals surface area contributed by atoms with Crippen molar-refractivity contribution in [1.82, 2.24) is 4.98 Å². The number of carbonyl (C=O) groups is 1. The fourth-order valence-electron chi connectivity index (χ4n) is 1.90. The quantitative estimate of drug-likeness (QED) is 0.786. The number of hydrogen-bond donors (Lipinski definition) is 2. The second-order valence-electron chi connectivity index (χ2n) is 4.39. The predicted molar refractivity (Wildman–Crippen MR) is 75.0 cm³/mol. The standard InChI is InChI=1S/C10H13BrN4O3S/c1-5-7(11)3-14-10(9(5)12)15-4-6(2-8(15)16)19(13,17)18/h3,6H,2,4,12H2,1H3,(H2,13,17,18). The van der Waals surface area contributed by atoms with Gasteiger partial charge < -0.3 is 5.73 Å². The molecule has 1 amide bonds. The Morgan fingerprint density at radius 1 is 1.53 bits per heavy atom. The van der Waals surface area contributed by atoms with E-state index in [0.29, 0.717) is 5.69 Å². The van der Waals surface area contributed by atoms with Crippen LogP contribution in [0.5, 0.6) is 0 Å². The van der Waals surface area contributed by atoms with Crippen LogP contribution in [0.15, 0.2) is 10.7 Å². The van der Waals surface area contributed by atoms with Crippen LogP contribution in [0, 0.1) is 6.92 Å². The van der Waals surface area contributed by atoms with E-state index in [1.807, 2.05) is 0 Å². The van der Waals surface area contributed by atoms with Crippen molar-refractivity contribution in [2.75, 3.05) is 17.2 Å². The van der Waals surface area contributed by atoms with Crippen molar-refractivity contribution in [2.45, 2.75) is 18.6 Å². The first-order valence-corrected chi connectivity index (χ1v) is 7.84. The lowest BCUT2D eigenvalue weighted by atomic mass is 10.2. The molecule has 0 saturated carbocycles. The maximum atomic E-state index is 11.9. The molecule has 1 aliphatic heterocycles. The lowest BCUT2D eigenvalue weighted by molar-refractivity contribution is -0.117. The normalized spacial score (nSPS) is 20.1. The van der Waals surface area contributed by atoms with Gasteiger partial charge in [-0.1, -0.05) is 0 Å². The van der Waals surface area contributed by atoms with Gasteiger partial charge in [0.15, 0.2) is 5.82 Å². The van der Waals surface area contributed by atoms with E-state index in [-0.39, 0.29) is 24.7 Å². The highest BCUT2D eigenvalue weighted by Gasteiger charge is 2.38. The fraction of sp³-hybridized carbons (Fsp3) is 0.400. The Morgan fingerprint density at radius 3 is 2.68 bits per heavy atom. The number of amides is 1. The second-order valence-corrected chi connectivity index (χ2v) is 7.09. The lowest BCUT2D eigenvalue weighted by Gasteiger charge is -2.18. The minimum atomic E-state index is -3.75. The summed E-state index contributed by atoms with van der Waals surface area (Å²) in [5.74, 6) is -0.0724. The van der Waals surface area contributed by atoms with Crippen molar-refractivity contribution in [3.8, 4) is 0 Å². The largest absolute Gasteiger partial charge is 0.395 e. The van der Waals surface area contributed by atoms with Crippen molar-refractivity contribution in [3.63, 3.8) is 0 Å². The van der Waals surface area contributed by atoms with Crippen molar-refractivity contribution < 1.29 is 13.2 Å². The highest BCUT2D eigenvalue weighted by molar-refractivity contribution is 9.10. The van der Waals surface area contributed by atoms with Gasteiger partial charge in [0.05, 0.1) is 5.69 Å². The summed E-state index contributed by atoms with van der Waals surface area (Å²) in [6.45, 7) is 1.76. The third kappa shape index (κ3) is 2.58. The van der Waals surface area contributed by atoms with E-state index in [0.717, 1.165) is 10.0 Å².